The van der Waals surface area contributed by atoms with E-state index < -0.39 is 12.1 Å². The minimum atomic E-state index is -0.763. The van der Waals surface area contributed by atoms with Gasteiger partial charge in [0.1, 0.15) is 11.6 Å². The predicted octanol–water partition coefficient (Wildman–Crippen LogP) is 3.91. The standard InChI is InChI=1S/C20H34O5/c1-2-3-6-9-15(21)12-13-17-16(18(22)14-19(17)23)10-7-4-5-8-11-20(24)25/h16-18,22H,2-14H2,1H3,(H,24,25). The van der Waals surface area contributed by atoms with Crippen LogP contribution in [0.5, 0.6) is 0 Å². The zero-order chi connectivity index (χ0) is 18.7. The highest BCUT2D eigenvalue weighted by molar-refractivity contribution is 5.85. The molecule has 0 radical (unpaired) electrons. The molecule has 1 rings (SSSR count). The minimum absolute atomic E-state index is 0.0320. The molecule has 0 amide bonds. The number of rotatable bonds is 14. The first kappa shape index (κ1) is 21.8. The molecule has 0 bridgehead atoms. The summed E-state index contributed by atoms with van der Waals surface area (Å²) in [6.45, 7) is 2.11. The molecule has 0 aliphatic heterocycles. The molecule has 0 spiro atoms. The smallest absolute Gasteiger partial charge is 0.303 e. The molecule has 0 heterocycles. The van der Waals surface area contributed by atoms with Crippen LogP contribution in [-0.2, 0) is 14.4 Å². The molecule has 0 aromatic rings. The number of Topliss-reactive ketones (excluding diaryl/α,β-unsaturated/α-hetero) is 2. The second-order valence-corrected chi connectivity index (χ2v) is 7.39. The molecule has 0 aromatic carbocycles. The van der Waals surface area contributed by atoms with Crippen LogP contribution in [0.25, 0.3) is 0 Å². The SMILES string of the molecule is CCCCCC(=O)CCC1C(=O)CC(O)C1CCCCCCC(=O)O. The van der Waals surface area contributed by atoms with Crippen molar-refractivity contribution >= 4 is 17.5 Å². The molecule has 0 saturated heterocycles. The largest absolute Gasteiger partial charge is 0.481 e. The lowest BCUT2D eigenvalue weighted by Crippen LogP contribution is -2.21. The molecule has 25 heavy (non-hydrogen) atoms. The van der Waals surface area contributed by atoms with E-state index in [2.05, 4.69) is 6.92 Å². The Labute approximate surface area is 151 Å². The molecule has 2 N–H and O–H groups in total. The van der Waals surface area contributed by atoms with E-state index in [-0.39, 0.29) is 36.2 Å². The van der Waals surface area contributed by atoms with Gasteiger partial charge in [-0.05, 0) is 31.6 Å². The Morgan fingerprint density at radius 1 is 0.960 bits per heavy atom. The molecule has 1 fully saturated rings. The molecule has 1 aliphatic rings. The van der Waals surface area contributed by atoms with E-state index in [1.165, 1.54) is 0 Å². The summed E-state index contributed by atoms with van der Waals surface area (Å²) < 4.78 is 0. The Kier molecular flexibility index (Phi) is 10.6. The van der Waals surface area contributed by atoms with Gasteiger partial charge >= 0.3 is 5.97 Å². The quantitative estimate of drug-likeness (QED) is 0.462. The number of hydrogen-bond donors (Lipinski definition) is 2. The number of ketones is 2. The normalized spacial score (nSPS) is 23.1. The maximum Gasteiger partial charge on any atom is 0.303 e. The van der Waals surface area contributed by atoms with E-state index in [1.54, 1.807) is 0 Å². The molecule has 144 valence electrons. The van der Waals surface area contributed by atoms with Gasteiger partial charge in [0.05, 0.1) is 6.10 Å². The summed E-state index contributed by atoms with van der Waals surface area (Å²) in [6, 6.07) is 0. The lowest BCUT2D eigenvalue weighted by molar-refractivity contribution is -0.137. The van der Waals surface area contributed by atoms with Crippen molar-refractivity contribution in [2.75, 3.05) is 0 Å². The summed E-state index contributed by atoms with van der Waals surface area (Å²) in [7, 11) is 0. The summed E-state index contributed by atoms with van der Waals surface area (Å²) in [5, 5.41) is 18.8. The van der Waals surface area contributed by atoms with Crippen LogP contribution in [0.4, 0.5) is 0 Å². The van der Waals surface area contributed by atoms with Gasteiger partial charge in [0.2, 0.25) is 0 Å². The van der Waals surface area contributed by atoms with Crippen LogP contribution in [0.2, 0.25) is 0 Å². The third-order valence-corrected chi connectivity index (χ3v) is 5.31. The van der Waals surface area contributed by atoms with E-state index in [9.17, 15) is 19.5 Å². The lowest BCUT2D eigenvalue weighted by Gasteiger charge is -2.20. The van der Waals surface area contributed by atoms with Crippen molar-refractivity contribution in [1.29, 1.82) is 0 Å². The van der Waals surface area contributed by atoms with Gasteiger partial charge in [0.25, 0.3) is 0 Å². The van der Waals surface area contributed by atoms with E-state index >= 15 is 0 Å². The molecule has 0 aromatic heterocycles. The summed E-state index contributed by atoms with van der Waals surface area (Å²) >= 11 is 0. The van der Waals surface area contributed by atoms with Crippen LogP contribution in [0.15, 0.2) is 0 Å². The highest BCUT2D eigenvalue weighted by Gasteiger charge is 2.40. The maximum atomic E-state index is 12.1. The van der Waals surface area contributed by atoms with Crippen molar-refractivity contribution in [3.05, 3.63) is 0 Å². The number of carboxylic acids is 1. The lowest BCUT2D eigenvalue weighted by atomic mass is 9.85. The maximum absolute atomic E-state index is 12.1. The first-order valence-corrected chi connectivity index (χ1v) is 9.90. The van der Waals surface area contributed by atoms with Crippen molar-refractivity contribution in [2.45, 2.75) is 96.5 Å². The Hall–Kier alpha value is -1.23. The average molecular weight is 354 g/mol. The first-order valence-electron chi connectivity index (χ1n) is 9.90. The summed E-state index contributed by atoms with van der Waals surface area (Å²) in [5.41, 5.74) is 0. The molecule has 5 nitrogen and oxygen atoms in total. The third-order valence-electron chi connectivity index (χ3n) is 5.31. The number of carboxylic acid groups (broad SMARTS) is 1. The average Bonchev–Trinajstić information content (AvgIpc) is 2.82. The Morgan fingerprint density at radius 3 is 2.32 bits per heavy atom. The van der Waals surface area contributed by atoms with E-state index in [0.717, 1.165) is 44.9 Å². The predicted molar refractivity (Wildman–Crippen MR) is 96.3 cm³/mol. The number of aliphatic hydroxyl groups is 1. The van der Waals surface area contributed by atoms with Gasteiger partial charge in [0, 0.05) is 31.6 Å². The van der Waals surface area contributed by atoms with Gasteiger partial charge in [-0.2, -0.15) is 0 Å². The topological polar surface area (TPSA) is 91.7 Å². The van der Waals surface area contributed by atoms with Gasteiger partial charge in [0.15, 0.2) is 0 Å². The second kappa shape index (κ2) is 12.2. The van der Waals surface area contributed by atoms with Crippen molar-refractivity contribution in [1.82, 2.24) is 0 Å². The van der Waals surface area contributed by atoms with E-state index in [0.29, 0.717) is 25.7 Å². The van der Waals surface area contributed by atoms with Gasteiger partial charge < -0.3 is 10.2 Å². The van der Waals surface area contributed by atoms with Crippen molar-refractivity contribution in [2.24, 2.45) is 11.8 Å². The Morgan fingerprint density at radius 2 is 1.64 bits per heavy atom. The number of aliphatic hydroxyl groups excluding tert-OH is 1. The monoisotopic (exact) mass is 354 g/mol. The molecule has 1 saturated carbocycles. The molecular weight excluding hydrogens is 320 g/mol. The van der Waals surface area contributed by atoms with Crippen LogP contribution < -0.4 is 0 Å². The fraction of sp³-hybridized carbons (Fsp3) is 0.850. The van der Waals surface area contributed by atoms with Crippen LogP contribution >= 0.6 is 0 Å². The number of hydrogen-bond acceptors (Lipinski definition) is 4. The summed E-state index contributed by atoms with van der Waals surface area (Å²) in [6.07, 6.45) is 8.71. The van der Waals surface area contributed by atoms with Crippen LogP contribution in [-0.4, -0.2) is 33.9 Å². The first-order chi connectivity index (χ1) is 12.0. The Balaban J connectivity index is 2.31. The van der Waals surface area contributed by atoms with Gasteiger partial charge in [-0.1, -0.05) is 39.0 Å². The summed E-state index contributed by atoms with van der Waals surface area (Å²) in [4.78, 5) is 34.6. The zero-order valence-electron chi connectivity index (χ0n) is 15.5. The van der Waals surface area contributed by atoms with E-state index in [1.807, 2.05) is 0 Å². The number of carbonyl (C=O) groups excluding carboxylic acids is 2. The number of aliphatic carboxylic acids is 1. The molecular formula is C20H34O5. The third kappa shape index (κ3) is 8.61. The van der Waals surface area contributed by atoms with Gasteiger partial charge in [-0.3, -0.25) is 14.4 Å². The highest BCUT2D eigenvalue weighted by Crippen LogP contribution is 2.36. The number of unbranched alkanes of at least 4 members (excludes halogenated alkanes) is 5. The Bertz CT molecular complexity index is 432. The fourth-order valence-corrected chi connectivity index (χ4v) is 3.81. The van der Waals surface area contributed by atoms with Gasteiger partial charge in [-0.25, -0.2) is 0 Å². The molecule has 5 heteroatoms. The zero-order valence-corrected chi connectivity index (χ0v) is 15.5. The minimum Gasteiger partial charge on any atom is -0.481 e. The molecule has 3 unspecified atom stereocenters. The molecule has 3 atom stereocenters. The van der Waals surface area contributed by atoms with E-state index in [4.69, 9.17) is 5.11 Å². The van der Waals surface area contributed by atoms with Gasteiger partial charge in [-0.15, -0.1) is 0 Å². The van der Waals surface area contributed by atoms with Crippen molar-refractivity contribution in [3.8, 4) is 0 Å². The second-order valence-electron chi connectivity index (χ2n) is 7.39. The fourth-order valence-electron chi connectivity index (χ4n) is 3.81. The molecule has 1 aliphatic carbocycles. The summed E-state index contributed by atoms with van der Waals surface area (Å²) in [5.74, 6) is -0.639. The highest BCUT2D eigenvalue weighted by atomic mass is 16.4. The van der Waals surface area contributed by atoms with Crippen LogP contribution in [0.1, 0.15) is 90.4 Å². The number of carbonyl (C=O) groups is 3. The van der Waals surface area contributed by atoms with Crippen molar-refractivity contribution in [3.63, 3.8) is 0 Å². The van der Waals surface area contributed by atoms with Crippen molar-refractivity contribution < 1.29 is 24.6 Å². The van der Waals surface area contributed by atoms with Crippen LogP contribution in [0, 0.1) is 11.8 Å². The van der Waals surface area contributed by atoms with Crippen LogP contribution in [0.3, 0.4) is 0 Å².